The molecule has 0 spiro atoms. The molecule has 6 heteroatoms. The number of hydrogen-bond acceptors (Lipinski definition) is 4. The molecule has 0 aliphatic heterocycles. The molecule has 1 saturated carbocycles. The van der Waals surface area contributed by atoms with Crippen LogP contribution in [0.25, 0.3) is 0 Å². The molecule has 0 radical (unpaired) electrons. The molecule has 1 aromatic carbocycles. The van der Waals surface area contributed by atoms with E-state index in [9.17, 15) is 9.59 Å². The first kappa shape index (κ1) is 15.8. The predicted molar refractivity (Wildman–Crippen MR) is 91.0 cm³/mol. The highest BCUT2D eigenvalue weighted by molar-refractivity contribution is 7.98. The van der Waals surface area contributed by atoms with Gasteiger partial charge in [0, 0.05) is 30.0 Å². The van der Waals surface area contributed by atoms with Gasteiger partial charge in [-0.2, -0.15) is 0 Å². The van der Waals surface area contributed by atoms with Crippen LogP contribution in [-0.2, 0) is 6.54 Å². The smallest absolute Gasteiger partial charge is 0.253 e. The number of amides is 1. The number of nitrogens with zero attached hydrogens (tertiary/aromatic N) is 2. The topological polar surface area (TPSA) is 64.0 Å². The summed E-state index contributed by atoms with van der Waals surface area (Å²) in [4.78, 5) is 29.5. The van der Waals surface area contributed by atoms with Gasteiger partial charge < -0.3 is 5.32 Å². The van der Waals surface area contributed by atoms with Crippen molar-refractivity contribution in [2.45, 2.75) is 30.2 Å². The maximum Gasteiger partial charge on any atom is 0.253 e. The molecule has 0 saturated heterocycles. The van der Waals surface area contributed by atoms with Crippen molar-refractivity contribution in [3.63, 3.8) is 0 Å². The molecule has 1 heterocycles. The summed E-state index contributed by atoms with van der Waals surface area (Å²) in [6.07, 6.45) is 5.78. The van der Waals surface area contributed by atoms with Crippen LogP contribution in [-0.4, -0.2) is 28.3 Å². The lowest BCUT2D eigenvalue weighted by Crippen LogP contribution is -2.31. The molecule has 1 fully saturated rings. The van der Waals surface area contributed by atoms with Crippen LogP contribution in [0.1, 0.15) is 34.8 Å². The summed E-state index contributed by atoms with van der Waals surface area (Å²) in [7, 11) is 0. The van der Waals surface area contributed by atoms with Gasteiger partial charge >= 0.3 is 0 Å². The van der Waals surface area contributed by atoms with E-state index in [1.807, 2.05) is 24.5 Å². The second-order valence-electron chi connectivity index (χ2n) is 5.58. The molecule has 1 aromatic heterocycles. The molecule has 3 rings (SSSR count). The lowest BCUT2D eigenvalue weighted by atomic mass is 10.2. The monoisotopic (exact) mass is 329 g/mol. The maximum absolute atomic E-state index is 12.2. The second-order valence-corrected chi connectivity index (χ2v) is 6.42. The summed E-state index contributed by atoms with van der Waals surface area (Å²) in [5, 5.41) is 2.86. The maximum atomic E-state index is 12.2. The number of nitrogens with one attached hydrogen (secondary N) is 1. The van der Waals surface area contributed by atoms with Gasteiger partial charge in [0.05, 0.1) is 17.6 Å². The minimum atomic E-state index is -0.120. The molecular formula is C17H19N3O2S. The van der Waals surface area contributed by atoms with Crippen LogP contribution in [0.15, 0.2) is 46.3 Å². The molecule has 5 nitrogen and oxygen atoms in total. The number of hydrogen-bond donors (Lipinski definition) is 1. The van der Waals surface area contributed by atoms with E-state index in [0.717, 1.165) is 23.4 Å². The van der Waals surface area contributed by atoms with Gasteiger partial charge in [0.15, 0.2) is 0 Å². The van der Waals surface area contributed by atoms with Crippen LogP contribution in [0.5, 0.6) is 0 Å². The Bertz CT molecular complexity index is 768. The first-order chi connectivity index (χ1) is 11.2. The fourth-order valence-electron chi connectivity index (χ4n) is 2.43. The minimum absolute atomic E-state index is 0.0549. The lowest BCUT2D eigenvalue weighted by Gasteiger charge is -2.10. The second kappa shape index (κ2) is 7.00. The van der Waals surface area contributed by atoms with E-state index < -0.39 is 0 Å². The van der Waals surface area contributed by atoms with Crippen molar-refractivity contribution in [3.05, 3.63) is 58.3 Å². The molecule has 0 unspecified atom stereocenters. The first-order valence-corrected chi connectivity index (χ1v) is 8.89. The first-order valence-electron chi connectivity index (χ1n) is 7.66. The van der Waals surface area contributed by atoms with Crippen molar-refractivity contribution in [3.8, 4) is 0 Å². The standard InChI is InChI=1S/C17H19N3O2S/c1-23-15-5-3-2-4-13(15)17(22)18-8-9-20-11-19-14(10-16(20)21)12-6-7-12/h2-5,10-12H,6-9H2,1H3,(H,18,22). The van der Waals surface area contributed by atoms with E-state index in [0.29, 0.717) is 24.6 Å². The van der Waals surface area contributed by atoms with Crippen LogP contribution in [0.4, 0.5) is 0 Å². The van der Waals surface area contributed by atoms with Gasteiger partial charge in [-0.3, -0.25) is 14.2 Å². The van der Waals surface area contributed by atoms with Gasteiger partial charge in [0.1, 0.15) is 0 Å². The van der Waals surface area contributed by atoms with Crippen molar-refractivity contribution in [2.24, 2.45) is 0 Å². The molecule has 2 aromatic rings. The molecule has 1 N–H and O–H groups in total. The zero-order valence-corrected chi connectivity index (χ0v) is 13.8. The van der Waals surface area contributed by atoms with Gasteiger partial charge in [-0.15, -0.1) is 11.8 Å². The van der Waals surface area contributed by atoms with E-state index in [2.05, 4.69) is 10.3 Å². The van der Waals surface area contributed by atoms with Gasteiger partial charge in [-0.1, -0.05) is 12.1 Å². The third-order valence-electron chi connectivity index (χ3n) is 3.89. The van der Waals surface area contributed by atoms with Crippen LogP contribution < -0.4 is 10.9 Å². The summed E-state index contributed by atoms with van der Waals surface area (Å²) in [6, 6.07) is 9.10. The zero-order chi connectivity index (χ0) is 16.2. The molecule has 1 amide bonds. The molecule has 120 valence electrons. The van der Waals surface area contributed by atoms with Crippen molar-refractivity contribution in [1.82, 2.24) is 14.9 Å². The molecule has 1 aliphatic carbocycles. The van der Waals surface area contributed by atoms with E-state index >= 15 is 0 Å². The molecule has 0 bridgehead atoms. The number of thioether (sulfide) groups is 1. The predicted octanol–water partition coefficient (Wildman–Crippen LogP) is 2.27. The Morgan fingerprint density at radius 1 is 1.39 bits per heavy atom. The van der Waals surface area contributed by atoms with E-state index in [4.69, 9.17) is 0 Å². The van der Waals surface area contributed by atoms with Crippen molar-refractivity contribution in [2.75, 3.05) is 12.8 Å². The molecule has 0 atom stereocenters. The quantitative estimate of drug-likeness (QED) is 0.826. The lowest BCUT2D eigenvalue weighted by molar-refractivity contribution is 0.0949. The Morgan fingerprint density at radius 3 is 2.87 bits per heavy atom. The number of aromatic nitrogens is 2. The number of carbonyl (C=O) groups is 1. The van der Waals surface area contributed by atoms with Gasteiger partial charge in [-0.25, -0.2) is 4.98 Å². The van der Waals surface area contributed by atoms with Gasteiger partial charge in [0.2, 0.25) is 0 Å². The summed E-state index contributed by atoms with van der Waals surface area (Å²) in [5.74, 6) is 0.352. The van der Waals surface area contributed by atoms with Crippen molar-refractivity contribution >= 4 is 17.7 Å². The van der Waals surface area contributed by atoms with Crippen molar-refractivity contribution in [1.29, 1.82) is 0 Å². The molecule has 1 aliphatic rings. The van der Waals surface area contributed by atoms with Crippen LogP contribution in [0, 0.1) is 0 Å². The fourth-order valence-corrected chi connectivity index (χ4v) is 3.02. The number of carbonyl (C=O) groups excluding carboxylic acids is 1. The third kappa shape index (κ3) is 3.82. The average molecular weight is 329 g/mol. The van der Waals surface area contributed by atoms with E-state index in [1.165, 1.54) is 4.57 Å². The van der Waals surface area contributed by atoms with Crippen molar-refractivity contribution < 1.29 is 4.79 Å². The minimum Gasteiger partial charge on any atom is -0.350 e. The zero-order valence-electron chi connectivity index (χ0n) is 13.0. The largest absolute Gasteiger partial charge is 0.350 e. The van der Waals surface area contributed by atoms with Gasteiger partial charge in [-0.05, 0) is 31.2 Å². The van der Waals surface area contributed by atoms with Gasteiger partial charge in [0.25, 0.3) is 11.5 Å². The van der Waals surface area contributed by atoms with E-state index in [1.54, 1.807) is 30.2 Å². The summed E-state index contributed by atoms with van der Waals surface area (Å²) >= 11 is 1.54. The van der Waals surface area contributed by atoms with Crippen LogP contribution >= 0.6 is 11.8 Å². The Balaban J connectivity index is 1.58. The Morgan fingerprint density at radius 2 is 2.17 bits per heavy atom. The normalized spacial score (nSPS) is 13.8. The van der Waals surface area contributed by atoms with Crippen LogP contribution in [0.2, 0.25) is 0 Å². The Kier molecular flexibility index (Phi) is 4.81. The average Bonchev–Trinajstić information content (AvgIpc) is 3.41. The summed E-state index contributed by atoms with van der Waals surface area (Å²) in [5.41, 5.74) is 1.50. The fraction of sp³-hybridized carbons (Fsp3) is 0.353. The number of benzene rings is 1. The van der Waals surface area contributed by atoms with Crippen LogP contribution in [0.3, 0.4) is 0 Å². The third-order valence-corrected chi connectivity index (χ3v) is 4.68. The molecule has 23 heavy (non-hydrogen) atoms. The van der Waals surface area contributed by atoms with E-state index in [-0.39, 0.29) is 11.5 Å². The highest BCUT2D eigenvalue weighted by atomic mass is 32.2. The highest BCUT2D eigenvalue weighted by Gasteiger charge is 2.25. The number of rotatable bonds is 6. The molecular weight excluding hydrogens is 310 g/mol. The Hall–Kier alpha value is -2.08. The summed E-state index contributed by atoms with van der Waals surface area (Å²) in [6.45, 7) is 0.815. The SMILES string of the molecule is CSc1ccccc1C(=O)NCCn1cnc(C2CC2)cc1=O. The summed E-state index contributed by atoms with van der Waals surface area (Å²) < 4.78 is 1.53. The highest BCUT2D eigenvalue weighted by Crippen LogP contribution is 2.38. The Labute approximate surface area is 139 Å².